The number of aliphatic carboxylic acids is 2. The highest BCUT2D eigenvalue weighted by Crippen LogP contribution is 2.32. The molecule has 0 fully saturated rings. The Hall–Kier alpha value is -3.52. The van der Waals surface area contributed by atoms with Crippen LogP contribution in [0.5, 0.6) is 0 Å². The van der Waals surface area contributed by atoms with Crippen molar-refractivity contribution in [3.8, 4) is 11.1 Å². The van der Waals surface area contributed by atoms with E-state index < -0.39 is 17.9 Å². The normalized spacial score (nSPS) is 10.6. The number of carboxylic acid groups (broad SMARTS) is 3. The molecule has 5 N–H and O–H groups in total. The molecule has 1 aromatic carbocycles. The van der Waals surface area contributed by atoms with Crippen molar-refractivity contribution in [3.63, 3.8) is 0 Å². The second-order valence-corrected chi connectivity index (χ2v) is 7.36. The van der Waals surface area contributed by atoms with Crippen LogP contribution in [0.15, 0.2) is 36.4 Å². The van der Waals surface area contributed by atoms with Gasteiger partial charge < -0.3 is 21.1 Å². The number of hydrogen-bond acceptors (Lipinski definition) is 5. The quantitative estimate of drug-likeness (QED) is 0.490. The van der Waals surface area contributed by atoms with Crippen molar-refractivity contribution in [2.24, 2.45) is 11.7 Å². The van der Waals surface area contributed by atoms with E-state index in [1.54, 1.807) is 6.92 Å². The minimum Gasteiger partial charge on any atom is -0.478 e. The summed E-state index contributed by atoms with van der Waals surface area (Å²) < 4.78 is 0. The van der Waals surface area contributed by atoms with Crippen molar-refractivity contribution in [1.29, 1.82) is 0 Å². The zero-order chi connectivity index (χ0) is 23.7. The predicted octanol–water partition coefficient (Wildman–Crippen LogP) is 3.43. The molecule has 0 saturated carbocycles. The first-order valence-electron chi connectivity index (χ1n) is 9.64. The van der Waals surface area contributed by atoms with Gasteiger partial charge in [-0.3, -0.25) is 4.98 Å². The number of benzene rings is 1. The van der Waals surface area contributed by atoms with E-state index in [4.69, 9.17) is 15.9 Å². The van der Waals surface area contributed by atoms with Crippen molar-refractivity contribution in [2.45, 2.75) is 40.7 Å². The van der Waals surface area contributed by atoms with Crippen LogP contribution < -0.4 is 5.73 Å². The molecule has 2 rings (SSSR count). The summed E-state index contributed by atoms with van der Waals surface area (Å²) in [7, 11) is 0. The topological polar surface area (TPSA) is 151 Å². The average Bonchev–Trinajstić information content (AvgIpc) is 2.66. The standard InChI is InChI=1S/C19H24N2O2.C4H4O4/c1-11(2)9-16-15(10-20)18(14-7-5-12(3)6-8-14)17(19(22)23)13(4)21-16;5-3(6)1-2-4(7)8/h5-8,11H,9-10,20H2,1-4H3,(H,22,23);1-2H,(H,5,6)(H,7,8). The van der Waals surface area contributed by atoms with Crippen molar-refractivity contribution in [1.82, 2.24) is 4.98 Å². The third kappa shape index (κ3) is 7.67. The van der Waals surface area contributed by atoms with E-state index >= 15 is 0 Å². The van der Waals surface area contributed by atoms with Crippen LogP contribution >= 0.6 is 0 Å². The summed E-state index contributed by atoms with van der Waals surface area (Å²) in [6, 6.07) is 7.88. The molecule has 0 aliphatic carbocycles. The lowest BCUT2D eigenvalue weighted by atomic mass is 9.90. The summed E-state index contributed by atoms with van der Waals surface area (Å²) in [5, 5.41) is 25.3. The fourth-order valence-electron chi connectivity index (χ4n) is 3.02. The van der Waals surface area contributed by atoms with Crippen LogP contribution in [0.1, 0.15) is 46.7 Å². The fourth-order valence-corrected chi connectivity index (χ4v) is 3.02. The van der Waals surface area contributed by atoms with Crippen LogP contribution in [0.25, 0.3) is 11.1 Å². The summed E-state index contributed by atoms with van der Waals surface area (Å²) in [6.45, 7) is 8.28. The molecule has 0 amide bonds. The molecule has 0 saturated heterocycles. The van der Waals surface area contributed by atoms with Crippen LogP contribution in [0.3, 0.4) is 0 Å². The molecular formula is C23H28N2O6. The lowest BCUT2D eigenvalue weighted by molar-refractivity contribution is -0.134. The Balaban J connectivity index is 0.000000512. The number of hydrogen-bond donors (Lipinski definition) is 4. The van der Waals surface area contributed by atoms with Gasteiger partial charge in [0.25, 0.3) is 0 Å². The number of rotatable bonds is 7. The highest BCUT2D eigenvalue weighted by atomic mass is 16.4. The zero-order valence-electron chi connectivity index (χ0n) is 18.0. The average molecular weight is 428 g/mol. The zero-order valence-corrected chi connectivity index (χ0v) is 18.0. The monoisotopic (exact) mass is 428 g/mol. The van der Waals surface area contributed by atoms with Gasteiger partial charge in [0, 0.05) is 30.0 Å². The number of pyridine rings is 1. The molecule has 0 radical (unpaired) electrons. The first kappa shape index (κ1) is 25.5. The molecule has 1 aromatic heterocycles. The molecule has 2 aromatic rings. The highest BCUT2D eigenvalue weighted by molar-refractivity contribution is 5.98. The van der Waals surface area contributed by atoms with Crippen molar-refractivity contribution in [3.05, 3.63) is 64.5 Å². The molecule has 31 heavy (non-hydrogen) atoms. The lowest BCUT2D eigenvalue weighted by Gasteiger charge is -2.19. The van der Waals surface area contributed by atoms with Crippen molar-refractivity contribution in [2.75, 3.05) is 0 Å². The number of nitrogens with zero attached hydrogens (tertiary/aromatic N) is 1. The summed E-state index contributed by atoms with van der Waals surface area (Å²) >= 11 is 0. The van der Waals surface area contributed by atoms with Gasteiger partial charge in [0.05, 0.1) is 11.3 Å². The van der Waals surface area contributed by atoms with E-state index in [1.165, 1.54) is 0 Å². The lowest BCUT2D eigenvalue weighted by Crippen LogP contribution is -2.15. The maximum atomic E-state index is 11.8. The fraction of sp³-hybridized carbons (Fsp3) is 0.304. The van der Waals surface area contributed by atoms with E-state index in [1.807, 2.05) is 31.2 Å². The van der Waals surface area contributed by atoms with Crippen LogP contribution in [0.2, 0.25) is 0 Å². The molecule has 8 heteroatoms. The third-order valence-electron chi connectivity index (χ3n) is 4.29. The van der Waals surface area contributed by atoms with Gasteiger partial charge in [-0.05, 0) is 37.3 Å². The number of nitrogens with two attached hydrogens (primary N) is 1. The second-order valence-electron chi connectivity index (χ2n) is 7.36. The van der Waals surface area contributed by atoms with Crippen molar-refractivity contribution < 1.29 is 29.7 Å². The second kappa shape index (κ2) is 11.6. The Labute approximate surface area is 181 Å². The molecule has 1 heterocycles. The van der Waals surface area contributed by atoms with Gasteiger partial charge in [0.2, 0.25) is 0 Å². The minimum atomic E-state index is -1.26. The smallest absolute Gasteiger partial charge is 0.338 e. The maximum absolute atomic E-state index is 11.8. The van der Waals surface area contributed by atoms with Gasteiger partial charge in [-0.2, -0.15) is 0 Å². The van der Waals surface area contributed by atoms with Gasteiger partial charge >= 0.3 is 17.9 Å². The molecule has 0 atom stereocenters. The van der Waals surface area contributed by atoms with Gasteiger partial charge in [-0.15, -0.1) is 0 Å². The first-order valence-corrected chi connectivity index (χ1v) is 9.64. The Bertz CT molecular complexity index is 963. The molecule has 0 aliphatic rings. The van der Waals surface area contributed by atoms with Crippen LogP contribution in [0, 0.1) is 19.8 Å². The van der Waals surface area contributed by atoms with Gasteiger partial charge in [0.15, 0.2) is 0 Å². The highest BCUT2D eigenvalue weighted by Gasteiger charge is 2.23. The number of aryl methyl sites for hydroxylation is 2. The molecular weight excluding hydrogens is 400 g/mol. The number of carbonyl (C=O) groups is 3. The summed E-state index contributed by atoms with van der Waals surface area (Å²) in [5.41, 5.74) is 11.2. The number of carboxylic acids is 3. The van der Waals surface area contributed by atoms with E-state index in [2.05, 4.69) is 18.8 Å². The van der Waals surface area contributed by atoms with Crippen molar-refractivity contribution >= 4 is 17.9 Å². The summed E-state index contributed by atoms with van der Waals surface area (Å²) in [4.78, 5) is 35.5. The van der Waals surface area contributed by atoms with Crippen LogP contribution in [0.4, 0.5) is 0 Å². The third-order valence-corrected chi connectivity index (χ3v) is 4.29. The van der Waals surface area contributed by atoms with Gasteiger partial charge in [-0.1, -0.05) is 43.7 Å². The Morgan fingerprint density at radius 1 is 1.00 bits per heavy atom. The minimum absolute atomic E-state index is 0.252. The van der Waals surface area contributed by atoms with E-state index in [9.17, 15) is 19.5 Å². The first-order chi connectivity index (χ1) is 14.5. The Kier molecular flexibility index (Phi) is 9.56. The van der Waals surface area contributed by atoms with E-state index in [0.29, 0.717) is 29.3 Å². The maximum Gasteiger partial charge on any atom is 0.338 e. The molecule has 0 spiro atoms. The summed E-state index contributed by atoms with van der Waals surface area (Å²) in [6.07, 6.45) is 1.90. The molecule has 0 aliphatic heterocycles. The molecule has 0 bridgehead atoms. The van der Waals surface area contributed by atoms with Crippen LogP contribution in [-0.2, 0) is 22.6 Å². The summed E-state index contributed by atoms with van der Waals surface area (Å²) in [5.74, 6) is -3.05. The van der Waals surface area contributed by atoms with E-state index in [0.717, 1.165) is 28.8 Å². The Morgan fingerprint density at radius 3 is 1.90 bits per heavy atom. The van der Waals surface area contributed by atoms with E-state index in [-0.39, 0.29) is 12.1 Å². The molecule has 0 unspecified atom stereocenters. The molecule has 166 valence electrons. The Morgan fingerprint density at radius 2 is 1.52 bits per heavy atom. The largest absolute Gasteiger partial charge is 0.478 e. The van der Waals surface area contributed by atoms with Gasteiger partial charge in [0.1, 0.15) is 0 Å². The number of aromatic carboxylic acids is 1. The SMILES string of the molecule is Cc1ccc(-c2c(CN)c(CC(C)C)nc(C)c2C(=O)O)cc1.O=C(O)C=CC(=O)O. The number of aromatic nitrogens is 1. The van der Waals surface area contributed by atoms with Gasteiger partial charge in [-0.25, -0.2) is 14.4 Å². The predicted molar refractivity (Wildman–Crippen MR) is 117 cm³/mol. The van der Waals surface area contributed by atoms with Crippen LogP contribution in [-0.4, -0.2) is 38.2 Å². The molecule has 8 nitrogen and oxygen atoms in total.